The van der Waals surface area contributed by atoms with E-state index in [1.54, 1.807) is 0 Å². The molecule has 6 heterocycles. The van der Waals surface area contributed by atoms with Crippen molar-refractivity contribution in [2.24, 2.45) is 0 Å². The third kappa shape index (κ3) is 3.91. The maximum absolute atomic E-state index is 6.67. The summed E-state index contributed by atoms with van der Waals surface area (Å²) in [6.07, 6.45) is 0. The highest BCUT2D eigenvalue weighted by atomic mass is 32.1. The molecule has 0 saturated heterocycles. The van der Waals surface area contributed by atoms with Gasteiger partial charge in [0.25, 0.3) is 0 Å². The first-order chi connectivity index (χ1) is 28.4. The Hall–Kier alpha value is -6.76. The normalized spacial score (nSPS) is 13.7. The number of anilines is 2. The molecule has 0 amide bonds. The van der Waals surface area contributed by atoms with Crippen molar-refractivity contribution in [1.29, 1.82) is 0 Å². The lowest BCUT2D eigenvalue weighted by atomic mass is 9.44. The number of aromatic nitrogens is 1. The van der Waals surface area contributed by atoms with Gasteiger partial charge in [-0.1, -0.05) is 106 Å². The van der Waals surface area contributed by atoms with Crippen molar-refractivity contribution in [3.8, 4) is 16.8 Å². The molecule has 14 rings (SSSR count). The van der Waals surface area contributed by atoms with Crippen molar-refractivity contribution < 1.29 is 8.83 Å². The fraction of sp³-hybridized carbons (Fsp3) is 0.0769. The molecule has 58 heavy (non-hydrogen) atoms. The third-order valence-electron chi connectivity index (χ3n) is 13.1. The standard InChI is InChI=1S/C52H33BN2O2S/c1-52(2,3)28-16-18-29(19-17-28)55-42-26-46-37(30-10-4-7-13-44(30)56-46)22-35(42)33-20-21-34-36-25-49-39(32-12-6-9-15-48(32)58-49)24-41(36)54-43-27-47-38(31-11-5-8-14-45(31)57-47)23-40(43)53(55)50(33)51(34)54/h4-27H,1-3H3. The topological polar surface area (TPSA) is 34.5 Å². The Balaban J connectivity index is 1.17. The minimum Gasteiger partial charge on any atom is -0.456 e. The molecule has 0 spiro atoms. The number of hydrogen-bond acceptors (Lipinski definition) is 4. The summed E-state index contributed by atoms with van der Waals surface area (Å²) in [4.78, 5) is 2.59. The van der Waals surface area contributed by atoms with E-state index in [9.17, 15) is 0 Å². The van der Waals surface area contributed by atoms with Crippen LogP contribution in [0.4, 0.5) is 11.4 Å². The average Bonchev–Trinajstić information content (AvgIpc) is 3.99. The van der Waals surface area contributed by atoms with Crippen LogP contribution in [0.1, 0.15) is 26.3 Å². The Morgan fingerprint density at radius 1 is 0.500 bits per heavy atom. The van der Waals surface area contributed by atoms with Crippen molar-refractivity contribution in [2.45, 2.75) is 26.2 Å². The molecule has 12 aromatic rings. The monoisotopic (exact) mass is 760 g/mol. The summed E-state index contributed by atoms with van der Waals surface area (Å²) in [5, 5.41) is 9.70. The van der Waals surface area contributed by atoms with Crippen LogP contribution in [-0.4, -0.2) is 11.4 Å². The maximum Gasteiger partial charge on any atom is 0.333 e. The predicted molar refractivity (Wildman–Crippen MR) is 246 cm³/mol. The zero-order valence-corrected chi connectivity index (χ0v) is 32.9. The molecular weight excluding hydrogens is 727 g/mol. The van der Waals surface area contributed by atoms with Gasteiger partial charge in [0.15, 0.2) is 0 Å². The van der Waals surface area contributed by atoms with Gasteiger partial charge in [-0.3, -0.25) is 0 Å². The van der Waals surface area contributed by atoms with Gasteiger partial charge in [0.2, 0.25) is 0 Å². The first-order valence-corrected chi connectivity index (χ1v) is 20.9. The molecular formula is C52H33BN2O2S. The molecule has 0 bridgehead atoms. The van der Waals surface area contributed by atoms with E-state index in [4.69, 9.17) is 8.83 Å². The SMILES string of the molecule is CC(C)(C)c1ccc(N2B3c4cc5c(cc4-n4c6cc7c(cc6c6ccc(c3c64)-c3cc4c(cc32)oc2ccccc24)sc2ccccc27)oc2ccccc25)cc1. The Bertz CT molecular complexity index is 3800. The largest absolute Gasteiger partial charge is 0.456 e. The number of thiophene rings is 1. The average molecular weight is 761 g/mol. The van der Waals surface area contributed by atoms with E-state index < -0.39 is 0 Å². The van der Waals surface area contributed by atoms with E-state index in [1.165, 1.54) is 69.6 Å². The predicted octanol–water partition coefficient (Wildman–Crippen LogP) is 13.5. The van der Waals surface area contributed by atoms with Crippen LogP contribution < -0.4 is 15.7 Å². The molecule has 0 unspecified atom stereocenters. The van der Waals surface area contributed by atoms with Crippen LogP contribution in [0.15, 0.2) is 154 Å². The second kappa shape index (κ2) is 10.6. The van der Waals surface area contributed by atoms with Crippen molar-refractivity contribution in [1.82, 2.24) is 4.57 Å². The molecule has 8 aromatic carbocycles. The van der Waals surface area contributed by atoms with Gasteiger partial charge < -0.3 is 18.2 Å². The molecule has 0 radical (unpaired) electrons. The van der Waals surface area contributed by atoms with Crippen molar-refractivity contribution in [3.05, 3.63) is 151 Å². The number of rotatable bonds is 1. The highest BCUT2D eigenvalue weighted by molar-refractivity contribution is 7.25. The molecule has 2 aliphatic heterocycles. The number of benzene rings is 8. The van der Waals surface area contributed by atoms with Gasteiger partial charge in [-0.15, -0.1) is 11.3 Å². The molecule has 4 aromatic heterocycles. The minimum atomic E-state index is -0.125. The molecule has 0 saturated carbocycles. The lowest BCUT2D eigenvalue weighted by molar-refractivity contribution is 0.590. The molecule has 4 nitrogen and oxygen atoms in total. The van der Waals surface area contributed by atoms with Crippen LogP contribution in [0, 0.1) is 0 Å². The Morgan fingerprint density at radius 3 is 1.91 bits per heavy atom. The van der Waals surface area contributed by atoms with Crippen molar-refractivity contribution in [3.63, 3.8) is 0 Å². The van der Waals surface area contributed by atoms with Gasteiger partial charge in [-0.05, 0) is 76.0 Å². The summed E-state index contributed by atoms with van der Waals surface area (Å²) in [6.45, 7) is 6.73. The van der Waals surface area contributed by atoms with Gasteiger partial charge in [-0.25, -0.2) is 0 Å². The second-order valence-corrected chi connectivity index (χ2v) is 18.3. The minimum absolute atomic E-state index is 0.0307. The van der Waals surface area contributed by atoms with Crippen LogP contribution in [-0.2, 0) is 5.41 Å². The lowest BCUT2D eigenvalue weighted by Gasteiger charge is -2.42. The molecule has 0 N–H and O–H groups in total. The van der Waals surface area contributed by atoms with E-state index in [1.807, 2.05) is 11.3 Å². The smallest absolute Gasteiger partial charge is 0.333 e. The molecule has 0 aliphatic carbocycles. The number of para-hydroxylation sites is 2. The number of furan rings is 2. The fourth-order valence-corrected chi connectivity index (χ4v) is 11.6. The van der Waals surface area contributed by atoms with E-state index in [0.717, 1.165) is 60.9 Å². The Labute approximate surface area is 337 Å². The third-order valence-corrected chi connectivity index (χ3v) is 14.2. The van der Waals surface area contributed by atoms with Crippen LogP contribution in [0.3, 0.4) is 0 Å². The zero-order valence-electron chi connectivity index (χ0n) is 32.1. The number of nitrogens with zero attached hydrogens (tertiary/aromatic N) is 2. The van der Waals surface area contributed by atoms with E-state index in [2.05, 4.69) is 176 Å². The van der Waals surface area contributed by atoms with Crippen molar-refractivity contribution in [2.75, 3.05) is 4.81 Å². The summed E-state index contributed by atoms with van der Waals surface area (Å²) in [5.74, 6) is 0. The molecule has 0 fully saturated rings. The summed E-state index contributed by atoms with van der Waals surface area (Å²) in [6, 6.07) is 54.1. The van der Waals surface area contributed by atoms with Gasteiger partial charge in [-0.2, -0.15) is 0 Å². The summed E-state index contributed by atoms with van der Waals surface area (Å²) >= 11 is 1.88. The first-order valence-electron chi connectivity index (χ1n) is 20.1. The zero-order chi connectivity index (χ0) is 38.2. The van der Waals surface area contributed by atoms with Gasteiger partial charge in [0.1, 0.15) is 22.3 Å². The second-order valence-electron chi connectivity index (χ2n) is 17.3. The van der Waals surface area contributed by atoms with Gasteiger partial charge >= 0.3 is 6.85 Å². The fourth-order valence-electron chi connectivity index (χ4n) is 10.4. The van der Waals surface area contributed by atoms with E-state index >= 15 is 0 Å². The quantitative estimate of drug-likeness (QED) is 0.156. The van der Waals surface area contributed by atoms with Crippen LogP contribution in [0.2, 0.25) is 0 Å². The van der Waals surface area contributed by atoms with Crippen LogP contribution in [0.5, 0.6) is 0 Å². The summed E-state index contributed by atoms with van der Waals surface area (Å²) in [5.41, 5.74) is 16.0. The highest BCUT2D eigenvalue weighted by Gasteiger charge is 2.44. The lowest BCUT2D eigenvalue weighted by Crippen LogP contribution is -2.60. The molecule has 0 atom stereocenters. The van der Waals surface area contributed by atoms with E-state index in [-0.39, 0.29) is 12.3 Å². The molecule has 6 heteroatoms. The van der Waals surface area contributed by atoms with Gasteiger partial charge in [0, 0.05) is 87.2 Å². The number of hydrogen-bond donors (Lipinski definition) is 0. The maximum atomic E-state index is 6.67. The molecule has 272 valence electrons. The first kappa shape index (κ1) is 31.3. The van der Waals surface area contributed by atoms with E-state index in [0.29, 0.717) is 0 Å². The molecule has 2 aliphatic rings. The number of fused-ring (bicyclic) bond motifs is 17. The summed E-state index contributed by atoms with van der Waals surface area (Å²) < 4.78 is 18.5. The van der Waals surface area contributed by atoms with Crippen LogP contribution in [0.25, 0.3) is 103 Å². The van der Waals surface area contributed by atoms with Gasteiger partial charge in [0.05, 0.1) is 11.0 Å². The van der Waals surface area contributed by atoms with Crippen molar-refractivity contribution >= 4 is 126 Å². The summed E-state index contributed by atoms with van der Waals surface area (Å²) in [7, 11) is 0. The highest BCUT2D eigenvalue weighted by Crippen LogP contribution is 2.49. The Morgan fingerprint density at radius 2 is 1.17 bits per heavy atom. The Kier molecular flexibility index (Phi) is 5.73. The van der Waals surface area contributed by atoms with Crippen LogP contribution >= 0.6 is 11.3 Å².